The first kappa shape index (κ1) is 9.16. The Labute approximate surface area is 86.7 Å². The van der Waals surface area contributed by atoms with Crippen molar-refractivity contribution >= 4 is 15.9 Å². The third-order valence-corrected chi connectivity index (χ3v) is 2.88. The van der Waals surface area contributed by atoms with Crippen LogP contribution in [-0.4, -0.2) is 4.98 Å². The average Bonchev–Trinajstić information content (AvgIpc) is 2.89. The summed E-state index contributed by atoms with van der Waals surface area (Å²) in [5.41, 5.74) is 7.02. The van der Waals surface area contributed by atoms with Gasteiger partial charge < -0.3 is 5.73 Å². The van der Waals surface area contributed by atoms with Crippen LogP contribution >= 0.6 is 15.9 Å². The van der Waals surface area contributed by atoms with Crippen LogP contribution in [0.15, 0.2) is 22.8 Å². The molecule has 0 spiro atoms. The standard InChI is InChI=1S/C10H13BrN2/c11-8-3-4-10(13-6-8)9(12)5-7-1-2-7/h3-4,6-7,9H,1-2,5,12H2. The maximum atomic E-state index is 6.01. The molecule has 2 rings (SSSR count). The summed E-state index contributed by atoms with van der Waals surface area (Å²) in [5, 5.41) is 0. The SMILES string of the molecule is NC(CC1CC1)c1ccc(Br)cn1. The lowest BCUT2D eigenvalue weighted by molar-refractivity contribution is 0.583. The predicted molar refractivity (Wildman–Crippen MR) is 56.2 cm³/mol. The van der Waals surface area contributed by atoms with Gasteiger partial charge in [-0.05, 0) is 40.4 Å². The van der Waals surface area contributed by atoms with Gasteiger partial charge in [0.1, 0.15) is 0 Å². The van der Waals surface area contributed by atoms with Crippen molar-refractivity contribution in [3.63, 3.8) is 0 Å². The summed E-state index contributed by atoms with van der Waals surface area (Å²) >= 11 is 3.35. The van der Waals surface area contributed by atoms with Crippen molar-refractivity contribution in [3.05, 3.63) is 28.5 Å². The molecule has 0 aliphatic heterocycles. The summed E-state index contributed by atoms with van der Waals surface area (Å²) in [6, 6.07) is 4.12. The van der Waals surface area contributed by atoms with Gasteiger partial charge in [-0.25, -0.2) is 0 Å². The molecule has 1 heterocycles. The van der Waals surface area contributed by atoms with Gasteiger partial charge in [-0.1, -0.05) is 12.8 Å². The van der Waals surface area contributed by atoms with Gasteiger partial charge >= 0.3 is 0 Å². The van der Waals surface area contributed by atoms with Crippen molar-refractivity contribution in [2.75, 3.05) is 0 Å². The fourth-order valence-electron chi connectivity index (χ4n) is 1.44. The summed E-state index contributed by atoms with van der Waals surface area (Å²) in [6.07, 6.45) is 5.60. The van der Waals surface area contributed by atoms with E-state index in [0.29, 0.717) is 0 Å². The number of hydrogen-bond donors (Lipinski definition) is 1. The molecule has 1 aliphatic rings. The second-order valence-corrected chi connectivity index (χ2v) is 4.60. The van der Waals surface area contributed by atoms with Gasteiger partial charge in [-0.3, -0.25) is 4.98 Å². The fourth-order valence-corrected chi connectivity index (χ4v) is 1.67. The molecular weight excluding hydrogens is 228 g/mol. The van der Waals surface area contributed by atoms with E-state index >= 15 is 0 Å². The van der Waals surface area contributed by atoms with Crippen molar-refractivity contribution in [2.24, 2.45) is 11.7 Å². The zero-order chi connectivity index (χ0) is 9.26. The van der Waals surface area contributed by atoms with Crippen LogP contribution in [0, 0.1) is 5.92 Å². The van der Waals surface area contributed by atoms with E-state index in [1.807, 2.05) is 18.3 Å². The first-order valence-electron chi connectivity index (χ1n) is 4.63. The van der Waals surface area contributed by atoms with Crippen LogP contribution in [-0.2, 0) is 0 Å². The van der Waals surface area contributed by atoms with Gasteiger partial charge in [0.15, 0.2) is 0 Å². The molecule has 2 nitrogen and oxygen atoms in total. The summed E-state index contributed by atoms with van der Waals surface area (Å²) in [6.45, 7) is 0. The van der Waals surface area contributed by atoms with Gasteiger partial charge in [-0.2, -0.15) is 0 Å². The third-order valence-electron chi connectivity index (χ3n) is 2.41. The molecule has 0 amide bonds. The Bertz CT molecular complexity index is 279. The van der Waals surface area contributed by atoms with E-state index in [9.17, 15) is 0 Å². The first-order chi connectivity index (χ1) is 6.25. The minimum absolute atomic E-state index is 0.126. The van der Waals surface area contributed by atoms with E-state index in [1.165, 1.54) is 12.8 Å². The first-order valence-corrected chi connectivity index (χ1v) is 5.42. The molecule has 1 aromatic rings. The van der Waals surface area contributed by atoms with Crippen molar-refractivity contribution in [1.29, 1.82) is 0 Å². The lowest BCUT2D eigenvalue weighted by atomic mass is 10.1. The Morgan fingerprint density at radius 1 is 1.54 bits per heavy atom. The highest BCUT2D eigenvalue weighted by molar-refractivity contribution is 9.10. The van der Waals surface area contributed by atoms with Crippen LogP contribution in [0.2, 0.25) is 0 Å². The molecule has 1 unspecified atom stereocenters. The minimum atomic E-state index is 0.126. The topological polar surface area (TPSA) is 38.9 Å². The van der Waals surface area contributed by atoms with Crippen molar-refractivity contribution < 1.29 is 0 Å². The zero-order valence-electron chi connectivity index (χ0n) is 7.41. The number of aromatic nitrogens is 1. The van der Waals surface area contributed by atoms with E-state index < -0.39 is 0 Å². The summed E-state index contributed by atoms with van der Waals surface area (Å²) in [7, 11) is 0. The second kappa shape index (κ2) is 3.76. The van der Waals surface area contributed by atoms with E-state index in [-0.39, 0.29) is 6.04 Å². The number of rotatable bonds is 3. The molecule has 0 radical (unpaired) electrons. The van der Waals surface area contributed by atoms with Gasteiger partial charge in [-0.15, -0.1) is 0 Å². The minimum Gasteiger partial charge on any atom is -0.323 e. The Morgan fingerprint density at radius 3 is 2.85 bits per heavy atom. The number of hydrogen-bond acceptors (Lipinski definition) is 2. The molecule has 1 aromatic heterocycles. The number of nitrogens with two attached hydrogens (primary N) is 1. The molecule has 0 aromatic carbocycles. The number of pyridine rings is 1. The Balaban J connectivity index is 2.01. The summed E-state index contributed by atoms with van der Waals surface area (Å²) in [4.78, 5) is 4.29. The Hall–Kier alpha value is -0.410. The average molecular weight is 241 g/mol. The van der Waals surface area contributed by atoms with E-state index in [0.717, 1.165) is 22.5 Å². The van der Waals surface area contributed by atoms with Gasteiger partial charge in [0.25, 0.3) is 0 Å². The molecule has 1 aliphatic carbocycles. The van der Waals surface area contributed by atoms with Crippen molar-refractivity contribution in [1.82, 2.24) is 4.98 Å². The maximum absolute atomic E-state index is 6.01. The molecule has 0 saturated heterocycles. The smallest absolute Gasteiger partial charge is 0.0571 e. The fraction of sp³-hybridized carbons (Fsp3) is 0.500. The van der Waals surface area contributed by atoms with Crippen LogP contribution in [0.4, 0.5) is 0 Å². The van der Waals surface area contributed by atoms with E-state index in [2.05, 4.69) is 20.9 Å². The van der Waals surface area contributed by atoms with Crippen LogP contribution < -0.4 is 5.73 Å². The van der Waals surface area contributed by atoms with Crippen molar-refractivity contribution in [2.45, 2.75) is 25.3 Å². The molecule has 13 heavy (non-hydrogen) atoms. The molecule has 1 fully saturated rings. The molecule has 1 atom stereocenters. The molecular formula is C10H13BrN2. The number of halogens is 1. The third kappa shape index (κ3) is 2.51. The molecule has 2 N–H and O–H groups in total. The lowest BCUT2D eigenvalue weighted by Crippen LogP contribution is -2.12. The number of nitrogens with zero attached hydrogens (tertiary/aromatic N) is 1. The second-order valence-electron chi connectivity index (χ2n) is 3.69. The predicted octanol–water partition coefficient (Wildman–Crippen LogP) is 2.64. The van der Waals surface area contributed by atoms with Crippen LogP contribution in [0.1, 0.15) is 31.0 Å². The molecule has 1 saturated carbocycles. The zero-order valence-corrected chi connectivity index (χ0v) is 9.00. The highest BCUT2D eigenvalue weighted by Gasteiger charge is 2.24. The Morgan fingerprint density at radius 2 is 2.31 bits per heavy atom. The van der Waals surface area contributed by atoms with Crippen LogP contribution in [0.3, 0.4) is 0 Å². The highest BCUT2D eigenvalue weighted by atomic mass is 79.9. The molecule has 3 heteroatoms. The van der Waals surface area contributed by atoms with Gasteiger partial charge in [0, 0.05) is 16.7 Å². The summed E-state index contributed by atoms with van der Waals surface area (Å²) in [5.74, 6) is 0.862. The largest absolute Gasteiger partial charge is 0.323 e. The Kier molecular flexibility index (Phi) is 2.65. The van der Waals surface area contributed by atoms with Gasteiger partial charge in [0.05, 0.1) is 5.69 Å². The molecule has 70 valence electrons. The van der Waals surface area contributed by atoms with Crippen molar-refractivity contribution in [3.8, 4) is 0 Å². The van der Waals surface area contributed by atoms with E-state index in [4.69, 9.17) is 5.73 Å². The highest BCUT2D eigenvalue weighted by Crippen LogP contribution is 2.36. The van der Waals surface area contributed by atoms with E-state index in [1.54, 1.807) is 0 Å². The van der Waals surface area contributed by atoms with Crippen LogP contribution in [0.25, 0.3) is 0 Å². The van der Waals surface area contributed by atoms with Gasteiger partial charge in [0.2, 0.25) is 0 Å². The molecule has 0 bridgehead atoms. The monoisotopic (exact) mass is 240 g/mol. The van der Waals surface area contributed by atoms with Crippen LogP contribution in [0.5, 0.6) is 0 Å². The maximum Gasteiger partial charge on any atom is 0.0571 e. The summed E-state index contributed by atoms with van der Waals surface area (Å²) < 4.78 is 1.01. The lowest BCUT2D eigenvalue weighted by Gasteiger charge is -2.09. The quantitative estimate of drug-likeness (QED) is 0.883. The normalized spacial score (nSPS) is 18.6.